The Balaban J connectivity index is 1.65. The first kappa shape index (κ1) is 18.6. The summed E-state index contributed by atoms with van der Waals surface area (Å²) in [4.78, 5) is 22.3. The molecule has 150 valence electrons. The Bertz CT molecular complexity index is 1250. The fraction of sp³-hybridized carbons (Fsp3) is 0.182. The highest BCUT2D eigenvalue weighted by Gasteiger charge is 2.22. The van der Waals surface area contributed by atoms with Crippen LogP contribution in [0.5, 0.6) is 0 Å². The van der Waals surface area contributed by atoms with Crippen LogP contribution in [0.3, 0.4) is 0 Å². The Hall–Kier alpha value is -3.39. The van der Waals surface area contributed by atoms with Gasteiger partial charge in [0.05, 0.1) is 10.3 Å². The van der Waals surface area contributed by atoms with Gasteiger partial charge in [0.25, 0.3) is 5.69 Å². The molecule has 0 radical (unpaired) electrons. The number of nitrogens with one attached hydrogen (secondary N) is 1. The molecule has 0 spiro atoms. The van der Waals surface area contributed by atoms with Crippen molar-refractivity contribution in [3.05, 3.63) is 74.9 Å². The Morgan fingerprint density at radius 3 is 2.47 bits per heavy atom. The van der Waals surface area contributed by atoms with Crippen molar-refractivity contribution in [1.29, 1.82) is 0 Å². The smallest absolute Gasteiger partial charge is 0.269 e. The summed E-state index contributed by atoms with van der Waals surface area (Å²) in [6, 6.07) is 12.4. The van der Waals surface area contributed by atoms with E-state index >= 15 is 0 Å². The molecule has 1 N–H and O–H groups in total. The zero-order valence-electron chi connectivity index (χ0n) is 15.9. The van der Waals surface area contributed by atoms with Gasteiger partial charge in [0.15, 0.2) is 5.82 Å². The van der Waals surface area contributed by atoms with Crippen molar-refractivity contribution in [2.75, 3.05) is 5.32 Å². The minimum absolute atomic E-state index is 0.0241. The number of aryl methyl sites for hydroxylation is 2. The number of rotatable bonds is 4. The lowest BCUT2D eigenvalue weighted by Gasteiger charge is -2.13. The number of aromatic nitrogens is 2. The van der Waals surface area contributed by atoms with Crippen molar-refractivity contribution >= 4 is 38.7 Å². The van der Waals surface area contributed by atoms with Gasteiger partial charge in [-0.2, -0.15) is 0 Å². The third-order valence-corrected chi connectivity index (χ3v) is 6.44. The van der Waals surface area contributed by atoms with Gasteiger partial charge in [0.1, 0.15) is 16.5 Å². The highest BCUT2D eigenvalue weighted by atomic mass is 32.1. The monoisotopic (exact) mass is 420 g/mol. The quantitative estimate of drug-likeness (QED) is 0.322. The van der Waals surface area contributed by atoms with E-state index in [0.29, 0.717) is 17.2 Å². The summed E-state index contributed by atoms with van der Waals surface area (Å²) < 4.78 is 13.3. The Kier molecular flexibility index (Phi) is 4.63. The molecular weight excluding hydrogens is 403 g/mol. The second kappa shape index (κ2) is 7.46. The zero-order chi connectivity index (χ0) is 20.7. The summed E-state index contributed by atoms with van der Waals surface area (Å²) in [5.41, 5.74) is 2.76. The molecule has 6 nitrogen and oxygen atoms in total. The van der Waals surface area contributed by atoms with Gasteiger partial charge in [-0.15, -0.1) is 11.3 Å². The predicted octanol–water partition coefficient (Wildman–Crippen LogP) is 6.03. The number of nitro groups is 1. The van der Waals surface area contributed by atoms with Gasteiger partial charge in [-0.05, 0) is 67.6 Å². The van der Waals surface area contributed by atoms with Crippen molar-refractivity contribution in [1.82, 2.24) is 9.97 Å². The van der Waals surface area contributed by atoms with Gasteiger partial charge >= 0.3 is 0 Å². The molecular formula is C22H17FN4O2S. The van der Waals surface area contributed by atoms with E-state index in [1.54, 1.807) is 35.6 Å². The third-order valence-electron chi connectivity index (χ3n) is 5.26. The van der Waals surface area contributed by atoms with Gasteiger partial charge in [-0.1, -0.05) is 0 Å². The topological polar surface area (TPSA) is 81.0 Å². The summed E-state index contributed by atoms with van der Waals surface area (Å²) in [6.45, 7) is 0. The zero-order valence-corrected chi connectivity index (χ0v) is 16.7. The van der Waals surface area contributed by atoms with Crippen LogP contribution in [0.1, 0.15) is 23.3 Å². The number of thiophene rings is 1. The Morgan fingerprint density at radius 2 is 1.73 bits per heavy atom. The van der Waals surface area contributed by atoms with Gasteiger partial charge in [0, 0.05) is 28.3 Å². The van der Waals surface area contributed by atoms with Crippen molar-refractivity contribution in [2.45, 2.75) is 25.7 Å². The lowest BCUT2D eigenvalue weighted by Crippen LogP contribution is -2.02. The van der Waals surface area contributed by atoms with Gasteiger partial charge in [-0.3, -0.25) is 10.1 Å². The number of hydrogen-bond donors (Lipinski definition) is 1. The standard InChI is InChI=1S/C22H17FN4O2S/c23-14-7-9-15(10-8-14)24-21-19-17-3-1-2-4-18(17)30-22(19)26-20(25-21)13-5-11-16(12-6-13)27(28)29/h5-12H,1-4H2,(H,24,25,26). The molecule has 0 saturated heterocycles. The number of nitro benzene ring substituents is 1. The fourth-order valence-electron chi connectivity index (χ4n) is 3.78. The number of anilines is 2. The first-order chi connectivity index (χ1) is 14.6. The molecule has 0 saturated carbocycles. The lowest BCUT2D eigenvalue weighted by atomic mass is 9.97. The van der Waals surface area contributed by atoms with E-state index in [-0.39, 0.29) is 11.5 Å². The maximum atomic E-state index is 13.3. The molecule has 2 heterocycles. The van der Waals surface area contributed by atoms with E-state index in [1.165, 1.54) is 41.1 Å². The molecule has 1 aliphatic carbocycles. The van der Waals surface area contributed by atoms with Crippen LogP contribution in [-0.4, -0.2) is 14.9 Å². The van der Waals surface area contributed by atoms with Crippen LogP contribution in [0.4, 0.5) is 21.6 Å². The molecule has 2 aromatic carbocycles. The van der Waals surface area contributed by atoms with Crippen molar-refractivity contribution < 1.29 is 9.31 Å². The van der Waals surface area contributed by atoms with Crippen LogP contribution in [-0.2, 0) is 12.8 Å². The van der Waals surface area contributed by atoms with Crippen LogP contribution in [0.25, 0.3) is 21.6 Å². The Labute approximate surface area is 175 Å². The van der Waals surface area contributed by atoms with Crippen molar-refractivity contribution in [3.63, 3.8) is 0 Å². The second-order valence-corrected chi connectivity index (χ2v) is 8.31. The number of nitrogens with zero attached hydrogens (tertiary/aromatic N) is 3. The minimum atomic E-state index is -0.428. The summed E-state index contributed by atoms with van der Waals surface area (Å²) in [7, 11) is 0. The highest BCUT2D eigenvalue weighted by molar-refractivity contribution is 7.19. The van der Waals surface area contributed by atoms with Crippen LogP contribution >= 0.6 is 11.3 Å². The molecule has 5 rings (SSSR count). The summed E-state index contributed by atoms with van der Waals surface area (Å²) in [5.74, 6) is 0.882. The number of benzene rings is 2. The molecule has 8 heteroatoms. The first-order valence-corrected chi connectivity index (χ1v) is 10.5. The Morgan fingerprint density at radius 1 is 1.00 bits per heavy atom. The van der Waals surface area contributed by atoms with Crippen molar-refractivity contribution in [2.24, 2.45) is 0 Å². The SMILES string of the molecule is O=[N+]([O-])c1ccc(-c2nc(Nc3ccc(F)cc3)c3c4c(sc3n2)CCCC4)cc1. The second-order valence-electron chi connectivity index (χ2n) is 7.22. The van der Waals surface area contributed by atoms with Gasteiger partial charge in [-0.25, -0.2) is 14.4 Å². The minimum Gasteiger partial charge on any atom is -0.340 e. The van der Waals surface area contributed by atoms with Gasteiger partial charge < -0.3 is 5.32 Å². The predicted molar refractivity (Wildman–Crippen MR) is 116 cm³/mol. The molecule has 4 aromatic rings. The normalized spacial score (nSPS) is 13.2. The van der Waals surface area contributed by atoms with E-state index in [1.807, 2.05) is 0 Å². The molecule has 0 atom stereocenters. The van der Waals surface area contributed by atoms with Gasteiger partial charge in [0.2, 0.25) is 0 Å². The van der Waals surface area contributed by atoms with E-state index in [2.05, 4.69) is 5.32 Å². The molecule has 0 unspecified atom stereocenters. The average Bonchev–Trinajstić information content (AvgIpc) is 3.14. The molecule has 0 bridgehead atoms. The van der Waals surface area contributed by atoms with Crippen LogP contribution in [0.15, 0.2) is 48.5 Å². The third kappa shape index (κ3) is 3.39. The van der Waals surface area contributed by atoms with E-state index in [9.17, 15) is 14.5 Å². The molecule has 30 heavy (non-hydrogen) atoms. The van der Waals surface area contributed by atoms with E-state index in [4.69, 9.17) is 9.97 Å². The van der Waals surface area contributed by atoms with E-state index < -0.39 is 4.92 Å². The number of fused-ring (bicyclic) bond motifs is 3. The highest BCUT2D eigenvalue weighted by Crippen LogP contribution is 2.40. The summed E-state index contributed by atoms with van der Waals surface area (Å²) in [5, 5.41) is 15.3. The van der Waals surface area contributed by atoms with Crippen LogP contribution in [0.2, 0.25) is 0 Å². The molecule has 1 aliphatic rings. The van der Waals surface area contributed by atoms with E-state index in [0.717, 1.165) is 35.2 Å². The first-order valence-electron chi connectivity index (χ1n) is 9.68. The molecule has 0 fully saturated rings. The number of hydrogen-bond acceptors (Lipinski definition) is 6. The van der Waals surface area contributed by atoms with Crippen LogP contribution < -0.4 is 5.32 Å². The summed E-state index contributed by atoms with van der Waals surface area (Å²) in [6.07, 6.45) is 4.34. The fourth-order valence-corrected chi connectivity index (χ4v) is 5.04. The molecule has 0 aliphatic heterocycles. The largest absolute Gasteiger partial charge is 0.340 e. The maximum Gasteiger partial charge on any atom is 0.269 e. The maximum absolute atomic E-state index is 13.3. The number of non-ortho nitro benzene ring substituents is 1. The molecule has 2 aromatic heterocycles. The van der Waals surface area contributed by atoms with Crippen LogP contribution in [0, 0.1) is 15.9 Å². The van der Waals surface area contributed by atoms with Crippen molar-refractivity contribution in [3.8, 4) is 11.4 Å². The molecule has 0 amide bonds. The average molecular weight is 420 g/mol. The lowest BCUT2D eigenvalue weighted by molar-refractivity contribution is -0.384. The summed E-state index contributed by atoms with van der Waals surface area (Å²) >= 11 is 1.68. The number of halogens is 1.